The molecule has 0 bridgehead atoms. The molecule has 0 aliphatic heterocycles. The fourth-order valence-corrected chi connectivity index (χ4v) is 7.92. The normalized spacial score (nSPS) is 15.1. The number of rotatable bonds is 3. The van der Waals surface area contributed by atoms with Crippen molar-refractivity contribution in [3.8, 4) is 11.1 Å². The zero-order chi connectivity index (χ0) is 30.2. The molecule has 9 aromatic rings. The molecule has 0 radical (unpaired) electrons. The molecule has 0 amide bonds. The SMILES string of the molecule is C1=CCC(c2c3ccccc3c(-c3ccc4oc5ccc6oc7ccccc7c6c5c4c3)c3ccccc23)C(c2ccccc2)=C1. The molecular weight excluding hydrogens is 560 g/mol. The topological polar surface area (TPSA) is 26.3 Å². The van der Waals surface area contributed by atoms with E-state index in [1.54, 1.807) is 0 Å². The molecule has 2 aromatic heterocycles. The first kappa shape index (κ1) is 25.5. The van der Waals surface area contributed by atoms with Gasteiger partial charge in [-0.1, -0.05) is 121 Å². The molecule has 0 saturated carbocycles. The van der Waals surface area contributed by atoms with E-state index in [2.05, 4.69) is 127 Å². The van der Waals surface area contributed by atoms with E-state index < -0.39 is 0 Å². The minimum atomic E-state index is 0.249. The van der Waals surface area contributed by atoms with Crippen LogP contribution < -0.4 is 0 Å². The van der Waals surface area contributed by atoms with Crippen molar-refractivity contribution in [1.29, 1.82) is 0 Å². The lowest BCUT2D eigenvalue weighted by Gasteiger charge is -2.27. The number of furan rings is 2. The second kappa shape index (κ2) is 9.82. The maximum absolute atomic E-state index is 6.44. The molecule has 0 saturated heterocycles. The zero-order valence-corrected chi connectivity index (χ0v) is 25.0. The minimum Gasteiger partial charge on any atom is -0.456 e. The summed E-state index contributed by atoms with van der Waals surface area (Å²) >= 11 is 0. The fourth-order valence-electron chi connectivity index (χ4n) is 7.92. The highest BCUT2D eigenvalue weighted by Crippen LogP contribution is 2.48. The summed E-state index contributed by atoms with van der Waals surface area (Å²) in [4.78, 5) is 0. The van der Waals surface area contributed by atoms with E-state index in [-0.39, 0.29) is 5.92 Å². The van der Waals surface area contributed by atoms with Gasteiger partial charge in [-0.05, 0) is 86.1 Å². The Bertz CT molecular complexity index is 2660. The number of allylic oxidation sites excluding steroid dienone is 4. The summed E-state index contributed by atoms with van der Waals surface area (Å²) in [5.41, 5.74) is 10.0. The Kier molecular flexibility index (Phi) is 5.44. The molecule has 1 unspecified atom stereocenters. The van der Waals surface area contributed by atoms with Crippen LogP contribution >= 0.6 is 0 Å². The molecule has 7 aromatic carbocycles. The highest BCUT2D eigenvalue weighted by Gasteiger charge is 2.26. The highest BCUT2D eigenvalue weighted by atomic mass is 16.3. The third-order valence-corrected chi connectivity index (χ3v) is 9.85. The van der Waals surface area contributed by atoms with Crippen LogP contribution in [0.15, 0.2) is 161 Å². The summed E-state index contributed by atoms with van der Waals surface area (Å²) in [6.45, 7) is 0. The quantitative estimate of drug-likeness (QED) is 0.192. The standard InChI is InChI=1S/C44H28O2/c1-2-12-27(13-3-1)29-14-4-5-15-30(29)42-33-18-8-6-16-31(33)41(32-17-7-9-19-34(32)42)28-22-23-38-36(26-28)44-40(46-38)25-24-39-43(44)35-20-10-11-21-37(35)45-39/h1-14,16-26,30H,15H2. The molecule has 1 atom stereocenters. The minimum absolute atomic E-state index is 0.249. The Balaban J connectivity index is 1.27. The van der Waals surface area contributed by atoms with Crippen molar-refractivity contribution in [2.45, 2.75) is 12.3 Å². The van der Waals surface area contributed by atoms with E-state index in [0.29, 0.717) is 0 Å². The monoisotopic (exact) mass is 588 g/mol. The summed E-state index contributed by atoms with van der Waals surface area (Å²) in [5.74, 6) is 0.249. The van der Waals surface area contributed by atoms with Crippen LogP contribution in [0.3, 0.4) is 0 Å². The second-order valence-corrected chi connectivity index (χ2v) is 12.3. The first-order chi connectivity index (χ1) is 22.8. The Labute approximate surface area is 265 Å². The van der Waals surface area contributed by atoms with E-state index in [0.717, 1.165) is 50.3 Å². The lowest BCUT2D eigenvalue weighted by Crippen LogP contribution is -2.06. The molecular formula is C44H28O2. The number of hydrogen-bond donors (Lipinski definition) is 0. The summed E-state index contributed by atoms with van der Waals surface area (Å²) < 4.78 is 12.7. The van der Waals surface area contributed by atoms with E-state index >= 15 is 0 Å². The van der Waals surface area contributed by atoms with Gasteiger partial charge in [-0.15, -0.1) is 0 Å². The van der Waals surface area contributed by atoms with Gasteiger partial charge in [0.2, 0.25) is 0 Å². The molecule has 216 valence electrons. The lowest BCUT2D eigenvalue weighted by molar-refractivity contribution is 0.663. The van der Waals surface area contributed by atoms with Crippen molar-refractivity contribution < 1.29 is 8.83 Å². The van der Waals surface area contributed by atoms with E-state index in [9.17, 15) is 0 Å². The molecule has 10 rings (SSSR count). The van der Waals surface area contributed by atoms with Crippen LogP contribution in [0.1, 0.15) is 23.5 Å². The Morgan fingerprint density at radius 2 is 1.02 bits per heavy atom. The van der Waals surface area contributed by atoms with Crippen molar-refractivity contribution in [3.63, 3.8) is 0 Å². The van der Waals surface area contributed by atoms with E-state index in [1.165, 1.54) is 49.4 Å². The smallest absolute Gasteiger partial charge is 0.136 e. The predicted octanol–water partition coefficient (Wildman–Crippen LogP) is 12.6. The van der Waals surface area contributed by atoms with Crippen LogP contribution in [0.5, 0.6) is 0 Å². The van der Waals surface area contributed by atoms with Crippen molar-refractivity contribution in [2.75, 3.05) is 0 Å². The molecule has 0 spiro atoms. The lowest BCUT2D eigenvalue weighted by atomic mass is 9.76. The number of benzene rings is 7. The maximum Gasteiger partial charge on any atom is 0.136 e. The fraction of sp³-hybridized carbons (Fsp3) is 0.0455. The van der Waals surface area contributed by atoms with Crippen molar-refractivity contribution in [1.82, 2.24) is 0 Å². The Hall–Kier alpha value is -5.86. The summed E-state index contributed by atoms with van der Waals surface area (Å²) in [5, 5.41) is 9.58. The number of para-hydroxylation sites is 1. The highest BCUT2D eigenvalue weighted by molar-refractivity contribution is 6.26. The van der Waals surface area contributed by atoms with Gasteiger partial charge in [0.1, 0.15) is 22.3 Å². The van der Waals surface area contributed by atoms with Crippen molar-refractivity contribution in [3.05, 3.63) is 163 Å². The van der Waals surface area contributed by atoms with Gasteiger partial charge in [0.05, 0.1) is 0 Å². The van der Waals surface area contributed by atoms with Gasteiger partial charge in [0.15, 0.2) is 0 Å². The summed E-state index contributed by atoms with van der Waals surface area (Å²) in [6.07, 6.45) is 7.80. The third kappa shape index (κ3) is 3.64. The first-order valence-electron chi connectivity index (χ1n) is 16.0. The van der Waals surface area contributed by atoms with Gasteiger partial charge in [-0.2, -0.15) is 0 Å². The zero-order valence-electron chi connectivity index (χ0n) is 25.0. The van der Waals surface area contributed by atoms with Crippen LogP contribution in [0.4, 0.5) is 0 Å². The Morgan fingerprint density at radius 3 is 1.74 bits per heavy atom. The molecule has 0 N–H and O–H groups in total. The molecule has 2 heterocycles. The van der Waals surface area contributed by atoms with Gasteiger partial charge in [-0.3, -0.25) is 0 Å². The van der Waals surface area contributed by atoms with Gasteiger partial charge < -0.3 is 8.83 Å². The van der Waals surface area contributed by atoms with E-state index in [4.69, 9.17) is 8.83 Å². The average Bonchev–Trinajstić information content (AvgIpc) is 3.68. The van der Waals surface area contributed by atoms with Crippen LogP contribution in [-0.4, -0.2) is 0 Å². The van der Waals surface area contributed by atoms with Crippen LogP contribution in [0.25, 0.3) is 82.1 Å². The van der Waals surface area contributed by atoms with E-state index in [1.807, 2.05) is 24.3 Å². The van der Waals surface area contributed by atoms with Gasteiger partial charge >= 0.3 is 0 Å². The van der Waals surface area contributed by atoms with Crippen LogP contribution in [0.2, 0.25) is 0 Å². The van der Waals surface area contributed by atoms with Gasteiger partial charge in [0, 0.05) is 27.5 Å². The second-order valence-electron chi connectivity index (χ2n) is 12.3. The van der Waals surface area contributed by atoms with Crippen LogP contribution in [-0.2, 0) is 0 Å². The largest absolute Gasteiger partial charge is 0.456 e. The predicted molar refractivity (Wildman–Crippen MR) is 192 cm³/mol. The average molecular weight is 589 g/mol. The molecule has 46 heavy (non-hydrogen) atoms. The summed E-state index contributed by atoms with van der Waals surface area (Å²) in [7, 11) is 0. The van der Waals surface area contributed by atoms with Crippen molar-refractivity contribution >= 4 is 71.0 Å². The number of fused-ring (bicyclic) bond motifs is 9. The summed E-state index contributed by atoms with van der Waals surface area (Å²) in [6, 6.07) is 47.8. The molecule has 2 nitrogen and oxygen atoms in total. The Morgan fingerprint density at radius 1 is 0.457 bits per heavy atom. The van der Waals surface area contributed by atoms with Gasteiger partial charge in [-0.25, -0.2) is 0 Å². The molecule has 2 heteroatoms. The molecule has 1 aliphatic rings. The van der Waals surface area contributed by atoms with Crippen molar-refractivity contribution in [2.24, 2.45) is 0 Å². The third-order valence-electron chi connectivity index (χ3n) is 9.85. The first-order valence-corrected chi connectivity index (χ1v) is 16.0. The van der Waals surface area contributed by atoms with Crippen LogP contribution in [0, 0.1) is 0 Å². The molecule has 1 aliphatic carbocycles. The molecule has 0 fully saturated rings. The van der Waals surface area contributed by atoms with Gasteiger partial charge in [0.25, 0.3) is 0 Å². The number of hydrogen-bond acceptors (Lipinski definition) is 2. The maximum atomic E-state index is 6.44.